The number of aliphatic hydroxyl groups is 2. The maximum atomic E-state index is 10.6. The van der Waals surface area contributed by atoms with Crippen LogP contribution in [0.4, 0.5) is 0 Å². The first-order chi connectivity index (χ1) is 6.93. The molecule has 6 nitrogen and oxygen atoms in total. The average Bonchev–Trinajstić information content (AvgIpc) is 2.16. The summed E-state index contributed by atoms with van der Waals surface area (Å²) >= 11 is 0. The summed E-state index contributed by atoms with van der Waals surface area (Å²) in [5, 5.41) is 35.0. The summed E-state index contributed by atoms with van der Waals surface area (Å²) in [6.07, 6.45) is -2.02. The van der Waals surface area contributed by atoms with Gasteiger partial charge in [-0.15, -0.1) is 0 Å². The number of carboxylic acid groups (broad SMARTS) is 2. The van der Waals surface area contributed by atoms with Gasteiger partial charge in [0.05, 0.1) is 11.1 Å². The molecule has 80 valence electrons. The second-order valence-corrected chi connectivity index (χ2v) is 2.79. The molecular weight excluding hydrogens is 204 g/mol. The fourth-order valence-corrected chi connectivity index (χ4v) is 1.10. The lowest BCUT2D eigenvalue weighted by molar-refractivity contribution is -0.0433. The van der Waals surface area contributed by atoms with E-state index in [1.807, 2.05) is 0 Å². The van der Waals surface area contributed by atoms with E-state index in [4.69, 9.17) is 20.4 Å². The summed E-state index contributed by atoms with van der Waals surface area (Å²) in [7, 11) is 0. The summed E-state index contributed by atoms with van der Waals surface area (Å²) in [6.45, 7) is 0. The van der Waals surface area contributed by atoms with Crippen molar-refractivity contribution >= 4 is 11.9 Å². The maximum Gasteiger partial charge on any atom is 0.336 e. The van der Waals surface area contributed by atoms with Crippen LogP contribution in [-0.2, 0) is 0 Å². The van der Waals surface area contributed by atoms with Gasteiger partial charge in [-0.2, -0.15) is 0 Å². The van der Waals surface area contributed by atoms with Crippen LogP contribution in [0, 0.1) is 0 Å². The summed E-state index contributed by atoms with van der Waals surface area (Å²) < 4.78 is 0. The van der Waals surface area contributed by atoms with Crippen LogP contribution in [0.5, 0.6) is 0 Å². The van der Waals surface area contributed by atoms with Gasteiger partial charge in [-0.1, -0.05) is 0 Å². The lowest BCUT2D eigenvalue weighted by Crippen LogP contribution is -2.09. The molecule has 0 saturated heterocycles. The predicted octanol–water partition coefficient (Wildman–Crippen LogP) is 0.0662. The Kier molecular flexibility index (Phi) is 3.03. The van der Waals surface area contributed by atoms with Gasteiger partial charge < -0.3 is 20.4 Å². The van der Waals surface area contributed by atoms with Crippen LogP contribution in [0.15, 0.2) is 18.2 Å². The summed E-state index contributed by atoms with van der Waals surface area (Å²) in [5.74, 6) is -2.62. The minimum absolute atomic E-state index is 0.205. The minimum atomic E-state index is -2.02. The van der Waals surface area contributed by atoms with Crippen LogP contribution in [0.25, 0.3) is 0 Å². The second-order valence-electron chi connectivity index (χ2n) is 2.79. The zero-order chi connectivity index (χ0) is 11.6. The Morgan fingerprint density at radius 1 is 1.07 bits per heavy atom. The molecule has 0 unspecified atom stereocenters. The van der Waals surface area contributed by atoms with Gasteiger partial charge in [-0.05, 0) is 18.2 Å². The van der Waals surface area contributed by atoms with Crippen molar-refractivity contribution in [2.45, 2.75) is 6.29 Å². The maximum absolute atomic E-state index is 10.6. The molecule has 0 amide bonds. The van der Waals surface area contributed by atoms with Gasteiger partial charge in [0, 0.05) is 5.56 Å². The third-order valence-corrected chi connectivity index (χ3v) is 1.81. The topological polar surface area (TPSA) is 115 Å². The summed E-state index contributed by atoms with van der Waals surface area (Å²) in [4.78, 5) is 21.2. The molecule has 4 N–H and O–H groups in total. The highest BCUT2D eigenvalue weighted by atomic mass is 16.5. The molecule has 0 fully saturated rings. The van der Waals surface area contributed by atoms with Crippen molar-refractivity contribution in [3.8, 4) is 0 Å². The van der Waals surface area contributed by atoms with Crippen molar-refractivity contribution in [2.75, 3.05) is 0 Å². The third kappa shape index (κ3) is 2.30. The van der Waals surface area contributed by atoms with Crippen molar-refractivity contribution in [1.82, 2.24) is 0 Å². The van der Waals surface area contributed by atoms with Crippen LogP contribution < -0.4 is 0 Å². The van der Waals surface area contributed by atoms with E-state index in [1.54, 1.807) is 0 Å². The Morgan fingerprint density at radius 3 is 2.07 bits per heavy atom. The molecule has 0 aliphatic heterocycles. The summed E-state index contributed by atoms with van der Waals surface area (Å²) in [5.41, 5.74) is -0.888. The van der Waals surface area contributed by atoms with Gasteiger partial charge in [0.2, 0.25) is 0 Å². The second kappa shape index (κ2) is 4.07. The van der Waals surface area contributed by atoms with Gasteiger partial charge in [0.25, 0.3) is 0 Å². The fraction of sp³-hybridized carbons (Fsp3) is 0.111. The molecule has 15 heavy (non-hydrogen) atoms. The predicted molar refractivity (Wildman–Crippen MR) is 47.5 cm³/mol. The first-order valence-electron chi connectivity index (χ1n) is 3.90. The van der Waals surface area contributed by atoms with Crippen LogP contribution in [0.2, 0.25) is 0 Å². The van der Waals surface area contributed by atoms with Gasteiger partial charge in [-0.25, -0.2) is 9.59 Å². The van der Waals surface area contributed by atoms with Gasteiger partial charge in [0.1, 0.15) is 0 Å². The molecule has 1 aromatic carbocycles. The lowest BCUT2D eigenvalue weighted by atomic mass is 10.0. The van der Waals surface area contributed by atoms with E-state index in [0.29, 0.717) is 0 Å². The number of hydrogen-bond donors (Lipinski definition) is 4. The quantitative estimate of drug-likeness (QED) is 0.527. The Balaban J connectivity index is 3.33. The molecule has 0 spiro atoms. The van der Waals surface area contributed by atoms with Crippen molar-refractivity contribution in [2.24, 2.45) is 0 Å². The first kappa shape index (κ1) is 11.2. The Labute approximate surface area is 84.0 Å². The molecular formula is C9H8O6. The van der Waals surface area contributed by atoms with Crippen molar-refractivity contribution < 1.29 is 30.0 Å². The number of aromatic carboxylic acids is 2. The molecule has 0 aliphatic rings. The number of benzene rings is 1. The molecule has 0 atom stereocenters. The van der Waals surface area contributed by atoms with Gasteiger partial charge >= 0.3 is 11.9 Å². The molecule has 0 aromatic heterocycles. The number of rotatable bonds is 3. The average molecular weight is 212 g/mol. The van der Waals surface area contributed by atoms with Crippen molar-refractivity contribution in [3.05, 3.63) is 34.9 Å². The van der Waals surface area contributed by atoms with E-state index in [-0.39, 0.29) is 16.7 Å². The molecule has 0 bridgehead atoms. The van der Waals surface area contributed by atoms with E-state index >= 15 is 0 Å². The number of aliphatic hydroxyl groups excluding tert-OH is 1. The Bertz CT molecular complexity index is 409. The van der Waals surface area contributed by atoms with Crippen molar-refractivity contribution in [3.63, 3.8) is 0 Å². The highest BCUT2D eigenvalue weighted by molar-refractivity contribution is 5.93. The molecule has 0 aliphatic carbocycles. The smallest absolute Gasteiger partial charge is 0.336 e. The van der Waals surface area contributed by atoms with E-state index < -0.39 is 18.2 Å². The first-order valence-corrected chi connectivity index (χ1v) is 3.90. The van der Waals surface area contributed by atoms with Crippen LogP contribution >= 0.6 is 0 Å². The molecule has 0 saturated carbocycles. The number of carboxylic acids is 2. The van der Waals surface area contributed by atoms with Crippen LogP contribution in [-0.4, -0.2) is 32.4 Å². The molecule has 0 radical (unpaired) electrons. The molecule has 1 rings (SSSR count). The van der Waals surface area contributed by atoms with E-state index in [0.717, 1.165) is 18.2 Å². The van der Waals surface area contributed by atoms with Gasteiger partial charge in [-0.3, -0.25) is 0 Å². The standard InChI is InChI=1S/C9H8O6/c10-7(11)4-1-2-5(8(12)13)6(3-4)9(14)15/h1-3,9,14-15H,(H,10,11)(H,12,13). The highest BCUT2D eigenvalue weighted by Gasteiger charge is 2.17. The van der Waals surface area contributed by atoms with Crippen LogP contribution in [0.1, 0.15) is 32.6 Å². The van der Waals surface area contributed by atoms with E-state index in [9.17, 15) is 9.59 Å². The fourth-order valence-electron chi connectivity index (χ4n) is 1.10. The molecule has 1 aromatic rings. The van der Waals surface area contributed by atoms with Gasteiger partial charge in [0.15, 0.2) is 6.29 Å². The zero-order valence-electron chi connectivity index (χ0n) is 7.41. The monoisotopic (exact) mass is 212 g/mol. The molecule has 0 heterocycles. The largest absolute Gasteiger partial charge is 0.478 e. The van der Waals surface area contributed by atoms with Crippen molar-refractivity contribution in [1.29, 1.82) is 0 Å². The SMILES string of the molecule is O=C(O)c1ccc(C(=O)O)c(C(O)O)c1. The molecule has 6 heteroatoms. The lowest BCUT2D eigenvalue weighted by Gasteiger charge is -2.08. The normalized spacial score (nSPS) is 10.3. The zero-order valence-corrected chi connectivity index (χ0v) is 7.41. The Morgan fingerprint density at radius 2 is 1.67 bits per heavy atom. The highest BCUT2D eigenvalue weighted by Crippen LogP contribution is 2.18. The van der Waals surface area contributed by atoms with E-state index in [1.165, 1.54) is 0 Å². The number of carbonyl (C=O) groups is 2. The number of hydrogen-bond acceptors (Lipinski definition) is 4. The minimum Gasteiger partial charge on any atom is -0.478 e. The van der Waals surface area contributed by atoms with Crippen LogP contribution in [0.3, 0.4) is 0 Å². The van der Waals surface area contributed by atoms with E-state index in [2.05, 4.69) is 0 Å². The Hall–Kier alpha value is -1.92. The third-order valence-electron chi connectivity index (χ3n) is 1.81. The summed E-state index contributed by atoms with van der Waals surface area (Å²) in [6, 6.07) is 3.01.